The first kappa shape index (κ1) is 12.1. The molecule has 9 nitrogen and oxygen atoms in total. The standard InChI is InChI=1S/C8H11N7O2S/c1-15-3-6(11-4-15)18(16,17)14-8-5(7(9)10)2-12-13-8/h2-4H,1H3,(H3,9,10)(H2,12,13,14). The molecule has 0 radical (unpaired) electrons. The molecular formula is C8H11N7O2S. The van der Waals surface area contributed by atoms with Gasteiger partial charge in [0.25, 0.3) is 10.0 Å². The Morgan fingerprint density at radius 1 is 1.61 bits per heavy atom. The van der Waals surface area contributed by atoms with Gasteiger partial charge in [-0.25, -0.2) is 4.98 Å². The molecule has 0 atom stereocenters. The third kappa shape index (κ3) is 2.18. The van der Waals surface area contributed by atoms with Gasteiger partial charge in [-0.1, -0.05) is 0 Å². The molecule has 0 aromatic carbocycles. The minimum Gasteiger partial charge on any atom is -0.384 e. The van der Waals surface area contributed by atoms with Crippen molar-refractivity contribution >= 4 is 21.7 Å². The highest BCUT2D eigenvalue weighted by Crippen LogP contribution is 2.15. The van der Waals surface area contributed by atoms with Gasteiger partial charge in [0.1, 0.15) is 11.7 Å². The molecule has 5 N–H and O–H groups in total. The third-order valence-corrected chi connectivity index (χ3v) is 3.36. The van der Waals surface area contributed by atoms with E-state index in [9.17, 15) is 8.42 Å². The summed E-state index contributed by atoms with van der Waals surface area (Å²) in [5, 5.41) is 13.2. The van der Waals surface area contributed by atoms with Gasteiger partial charge >= 0.3 is 0 Å². The zero-order valence-electron chi connectivity index (χ0n) is 9.38. The van der Waals surface area contributed by atoms with Crippen LogP contribution >= 0.6 is 0 Å². The molecule has 18 heavy (non-hydrogen) atoms. The van der Waals surface area contributed by atoms with Gasteiger partial charge in [0, 0.05) is 13.2 Å². The van der Waals surface area contributed by atoms with Crippen LogP contribution in [0.15, 0.2) is 23.7 Å². The molecule has 0 amide bonds. The number of sulfonamides is 1. The zero-order chi connectivity index (χ0) is 13.3. The van der Waals surface area contributed by atoms with Gasteiger partial charge in [-0.2, -0.15) is 13.5 Å². The van der Waals surface area contributed by atoms with Crippen LogP contribution in [0.1, 0.15) is 5.56 Å². The van der Waals surface area contributed by atoms with E-state index in [0.717, 1.165) is 0 Å². The predicted molar refractivity (Wildman–Crippen MR) is 63.6 cm³/mol. The van der Waals surface area contributed by atoms with Gasteiger partial charge in [-0.05, 0) is 0 Å². The van der Waals surface area contributed by atoms with E-state index >= 15 is 0 Å². The lowest BCUT2D eigenvalue weighted by molar-refractivity contribution is 0.598. The Kier molecular flexibility index (Phi) is 2.79. The van der Waals surface area contributed by atoms with E-state index in [4.69, 9.17) is 11.1 Å². The summed E-state index contributed by atoms with van der Waals surface area (Å²) >= 11 is 0. The number of aromatic nitrogens is 4. The summed E-state index contributed by atoms with van der Waals surface area (Å²) in [7, 11) is -2.17. The number of hydrogen-bond donors (Lipinski definition) is 4. The van der Waals surface area contributed by atoms with Gasteiger partial charge in [-0.3, -0.25) is 15.2 Å². The lowest BCUT2D eigenvalue weighted by Crippen LogP contribution is -2.18. The van der Waals surface area contributed by atoms with Crippen molar-refractivity contribution in [3.05, 3.63) is 24.3 Å². The first-order valence-electron chi connectivity index (χ1n) is 4.78. The summed E-state index contributed by atoms with van der Waals surface area (Å²) in [5.74, 6) is -0.254. The van der Waals surface area contributed by atoms with Crippen LogP contribution in [0.3, 0.4) is 0 Å². The first-order chi connectivity index (χ1) is 8.40. The SMILES string of the molecule is Cn1cnc(S(=O)(=O)Nc2[nH]ncc2C(=N)N)c1. The van der Waals surface area contributed by atoms with Crippen molar-refractivity contribution in [2.45, 2.75) is 5.03 Å². The molecule has 0 fully saturated rings. The average molecular weight is 269 g/mol. The lowest BCUT2D eigenvalue weighted by atomic mass is 10.3. The van der Waals surface area contributed by atoms with Crippen LogP contribution in [0.25, 0.3) is 0 Å². The van der Waals surface area contributed by atoms with E-state index in [1.54, 1.807) is 7.05 Å². The van der Waals surface area contributed by atoms with Crippen molar-refractivity contribution in [2.75, 3.05) is 4.72 Å². The fourth-order valence-electron chi connectivity index (χ4n) is 1.28. The summed E-state index contributed by atoms with van der Waals surface area (Å²) in [4.78, 5) is 3.74. The van der Waals surface area contributed by atoms with Crippen LogP contribution in [0.4, 0.5) is 5.82 Å². The molecule has 2 heterocycles. The number of aromatic amines is 1. The number of nitrogens with zero attached hydrogens (tertiary/aromatic N) is 3. The van der Waals surface area contributed by atoms with Gasteiger partial charge in [0.05, 0.1) is 18.1 Å². The second-order valence-electron chi connectivity index (χ2n) is 3.56. The molecular weight excluding hydrogens is 258 g/mol. The van der Waals surface area contributed by atoms with Gasteiger partial charge in [0.2, 0.25) is 0 Å². The molecule has 0 aliphatic heterocycles. The number of nitrogens with two attached hydrogens (primary N) is 1. The zero-order valence-corrected chi connectivity index (χ0v) is 10.2. The molecule has 2 rings (SSSR count). The maximum Gasteiger partial charge on any atom is 0.282 e. The maximum absolute atomic E-state index is 11.9. The van der Waals surface area contributed by atoms with Gasteiger partial charge in [-0.15, -0.1) is 0 Å². The number of rotatable bonds is 4. The van der Waals surface area contributed by atoms with E-state index in [1.807, 2.05) is 0 Å². The van der Waals surface area contributed by atoms with E-state index in [-0.39, 0.29) is 22.2 Å². The maximum atomic E-state index is 11.9. The molecule has 10 heteroatoms. The lowest BCUT2D eigenvalue weighted by Gasteiger charge is -2.04. The topological polar surface area (TPSA) is 143 Å². The molecule has 0 aliphatic rings. The van der Waals surface area contributed by atoms with Crippen LogP contribution in [0.5, 0.6) is 0 Å². The molecule has 96 valence electrons. The number of aryl methyl sites for hydroxylation is 1. The summed E-state index contributed by atoms with van der Waals surface area (Å²) in [6.07, 6.45) is 3.98. The smallest absolute Gasteiger partial charge is 0.282 e. The number of H-pyrrole nitrogens is 1. The van der Waals surface area contributed by atoms with Crippen LogP contribution in [0, 0.1) is 5.41 Å². The molecule has 0 bridgehead atoms. The van der Waals surface area contributed by atoms with E-state index < -0.39 is 10.0 Å². The minimum absolute atomic E-state index is 0.0353. The number of nitrogen functional groups attached to an aromatic ring is 1. The minimum atomic E-state index is -3.82. The van der Waals surface area contributed by atoms with E-state index in [0.29, 0.717) is 0 Å². The van der Waals surface area contributed by atoms with Crippen molar-refractivity contribution < 1.29 is 8.42 Å². The van der Waals surface area contributed by atoms with Crippen LogP contribution < -0.4 is 10.5 Å². The Balaban J connectivity index is 2.34. The second kappa shape index (κ2) is 4.14. The second-order valence-corrected chi connectivity index (χ2v) is 5.18. The first-order valence-corrected chi connectivity index (χ1v) is 6.27. The van der Waals surface area contributed by atoms with Crippen molar-refractivity contribution in [1.29, 1.82) is 5.41 Å². The van der Waals surface area contributed by atoms with Crippen molar-refractivity contribution in [3.63, 3.8) is 0 Å². The summed E-state index contributed by atoms with van der Waals surface area (Å²) in [6.45, 7) is 0. The number of anilines is 1. The summed E-state index contributed by atoms with van der Waals surface area (Å²) < 4.78 is 27.6. The average Bonchev–Trinajstić information content (AvgIpc) is 2.86. The number of nitrogens with one attached hydrogen (secondary N) is 3. The van der Waals surface area contributed by atoms with Gasteiger partial charge < -0.3 is 10.3 Å². The summed E-state index contributed by atoms with van der Waals surface area (Å²) in [6, 6.07) is 0. The molecule has 0 saturated heterocycles. The normalized spacial score (nSPS) is 11.4. The Morgan fingerprint density at radius 3 is 2.89 bits per heavy atom. The number of hydrogen-bond acceptors (Lipinski definition) is 5. The highest BCUT2D eigenvalue weighted by molar-refractivity contribution is 7.92. The Morgan fingerprint density at radius 2 is 2.33 bits per heavy atom. The van der Waals surface area contributed by atoms with Crippen molar-refractivity contribution in [1.82, 2.24) is 19.7 Å². The van der Waals surface area contributed by atoms with Gasteiger partial charge in [0.15, 0.2) is 5.03 Å². The molecule has 0 unspecified atom stereocenters. The highest BCUT2D eigenvalue weighted by atomic mass is 32.2. The number of imidazole rings is 1. The Bertz CT molecular complexity index is 684. The van der Waals surface area contributed by atoms with E-state index in [1.165, 1.54) is 23.3 Å². The van der Waals surface area contributed by atoms with E-state index in [2.05, 4.69) is 19.9 Å². The quantitative estimate of drug-likeness (QED) is 0.425. The van der Waals surface area contributed by atoms with Crippen molar-refractivity contribution in [3.8, 4) is 0 Å². The fourth-order valence-corrected chi connectivity index (χ4v) is 2.30. The molecule has 2 aromatic heterocycles. The molecule has 0 aliphatic carbocycles. The largest absolute Gasteiger partial charge is 0.384 e. The third-order valence-electron chi connectivity index (χ3n) is 2.12. The monoisotopic (exact) mass is 269 g/mol. The van der Waals surface area contributed by atoms with Crippen LogP contribution in [-0.2, 0) is 17.1 Å². The Hall–Kier alpha value is -2.36. The number of amidine groups is 1. The Labute approximate surface area is 103 Å². The molecule has 2 aromatic rings. The summed E-state index contributed by atoms with van der Waals surface area (Å²) in [5.41, 5.74) is 5.46. The van der Waals surface area contributed by atoms with Crippen LogP contribution in [-0.4, -0.2) is 34.0 Å². The fraction of sp³-hybridized carbons (Fsp3) is 0.125. The molecule has 0 spiro atoms. The van der Waals surface area contributed by atoms with Crippen molar-refractivity contribution in [2.24, 2.45) is 12.8 Å². The molecule has 0 saturated carbocycles. The van der Waals surface area contributed by atoms with Crippen LogP contribution in [0.2, 0.25) is 0 Å². The highest BCUT2D eigenvalue weighted by Gasteiger charge is 2.20. The predicted octanol–water partition coefficient (Wildman–Crippen LogP) is -0.772.